The van der Waals surface area contributed by atoms with Crippen molar-refractivity contribution >= 4 is 21.6 Å². The largest absolute Gasteiger partial charge is 0.326 e. The van der Waals surface area contributed by atoms with E-state index in [2.05, 4.69) is 5.32 Å². The molecule has 0 spiro atoms. The first kappa shape index (κ1) is 18.1. The molecule has 1 N–H and O–H groups in total. The van der Waals surface area contributed by atoms with Gasteiger partial charge in [0.25, 0.3) is 0 Å². The Morgan fingerprint density at radius 3 is 2.64 bits per heavy atom. The molecular formula is C15H21N3O3S. The Labute approximate surface area is 131 Å². The third kappa shape index (κ3) is 6.24. The average molecular weight is 323 g/mol. The highest BCUT2D eigenvalue weighted by Crippen LogP contribution is 2.11. The van der Waals surface area contributed by atoms with E-state index in [4.69, 9.17) is 5.26 Å². The van der Waals surface area contributed by atoms with Gasteiger partial charge < -0.3 is 5.32 Å². The van der Waals surface area contributed by atoms with Crippen molar-refractivity contribution in [3.05, 3.63) is 29.8 Å². The fourth-order valence-electron chi connectivity index (χ4n) is 1.92. The summed E-state index contributed by atoms with van der Waals surface area (Å²) in [6, 6.07) is 8.56. The maximum atomic E-state index is 11.9. The van der Waals surface area contributed by atoms with Crippen LogP contribution in [0.4, 0.5) is 5.69 Å². The van der Waals surface area contributed by atoms with Crippen LogP contribution in [0, 0.1) is 17.2 Å². The fraction of sp³-hybridized carbons (Fsp3) is 0.467. The summed E-state index contributed by atoms with van der Waals surface area (Å²) >= 11 is 0. The molecule has 22 heavy (non-hydrogen) atoms. The Kier molecular flexibility index (Phi) is 6.53. The maximum absolute atomic E-state index is 11.9. The second-order valence-electron chi connectivity index (χ2n) is 5.51. The van der Waals surface area contributed by atoms with Crippen molar-refractivity contribution in [2.24, 2.45) is 5.92 Å². The van der Waals surface area contributed by atoms with Crippen molar-refractivity contribution in [1.82, 2.24) is 4.31 Å². The number of nitrogens with one attached hydrogen (secondary N) is 1. The first-order valence-electron chi connectivity index (χ1n) is 6.97. The van der Waals surface area contributed by atoms with E-state index in [0.717, 1.165) is 6.26 Å². The number of carbonyl (C=O) groups is 1. The van der Waals surface area contributed by atoms with Gasteiger partial charge in [-0.15, -0.1) is 0 Å². The van der Waals surface area contributed by atoms with Gasteiger partial charge in [0.15, 0.2) is 0 Å². The smallest absolute Gasteiger partial charge is 0.225 e. The van der Waals surface area contributed by atoms with Gasteiger partial charge in [0.2, 0.25) is 15.9 Å². The van der Waals surface area contributed by atoms with Crippen molar-refractivity contribution in [2.75, 3.05) is 24.7 Å². The predicted molar refractivity (Wildman–Crippen MR) is 85.7 cm³/mol. The molecule has 0 radical (unpaired) electrons. The number of amides is 1. The van der Waals surface area contributed by atoms with E-state index >= 15 is 0 Å². The number of anilines is 1. The zero-order valence-corrected chi connectivity index (χ0v) is 13.9. The van der Waals surface area contributed by atoms with Crippen LogP contribution in [0.1, 0.15) is 25.8 Å². The lowest BCUT2D eigenvalue weighted by molar-refractivity contribution is -0.116. The first-order valence-corrected chi connectivity index (χ1v) is 8.82. The Morgan fingerprint density at radius 1 is 1.41 bits per heavy atom. The Bertz CT molecular complexity index is 663. The van der Waals surface area contributed by atoms with Gasteiger partial charge in [-0.25, -0.2) is 12.7 Å². The molecule has 0 bridgehead atoms. The molecule has 0 atom stereocenters. The lowest BCUT2D eigenvalue weighted by atomic mass is 10.2. The van der Waals surface area contributed by atoms with Gasteiger partial charge in [0.05, 0.1) is 17.9 Å². The van der Waals surface area contributed by atoms with Crippen molar-refractivity contribution in [3.8, 4) is 6.07 Å². The van der Waals surface area contributed by atoms with Gasteiger partial charge in [0.1, 0.15) is 0 Å². The topological polar surface area (TPSA) is 90.3 Å². The SMILES string of the molecule is CC(C)CN(CCC(=O)Nc1cccc(C#N)c1)S(C)(=O)=O. The molecule has 0 unspecified atom stereocenters. The molecular weight excluding hydrogens is 302 g/mol. The summed E-state index contributed by atoms with van der Waals surface area (Å²) in [5.74, 6) is -0.0995. The summed E-state index contributed by atoms with van der Waals surface area (Å²) in [7, 11) is -3.33. The second kappa shape index (κ2) is 7.92. The minimum absolute atomic E-state index is 0.0660. The quantitative estimate of drug-likeness (QED) is 0.828. The van der Waals surface area contributed by atoms with Gasteiger partial charge >= 0.3 is 0 Å². The number of benzene rings is 1. The third-order valence-electron chi connectivity index (χ3n) is 2.90. The molecule has 0 aliphatic heterocycles. The van der Waals surface area contributed by atoms with Gasteiger partial charge in [-0.3, -0.25) is 4.79 Å². The molecule has 6 nitrogen and oxygen atoms in total. The third-order valence-corrected chi connectivity index (χ3v) is 4.17. The highest BCUT2D eigenvalue weighted by atomic mass is 32.2. The van der Waals surface area contributed by atoms with Crippen LogP contribution in [0.25, 0.3) is 0 Å². The normalized spacial score (nSPS) is 11.5. The number of rotatable bonds is 7. The van der Waals surface area contributed by atoms with E-state index in [1.165, 1.54) is 4.31 Å². The van der Waals surface area contributed by atoms with Gasteiger partial charge in [-0.1, -0.05) is 19.9 Å². The Hall–Kier alpha value is -1.91. The summed E-state index contributed by atoms with van der Waals surface area (Å²) in [5, 5.41) is 11.5. The first-order chi connectivity index (χ1) is 10.2. The van der Waals surface area contributed by atoms with Gasteiger partial charge in [-0.05, 0) is 24.1 Å². The molecule has 1 rings (SSSR count). The number of hydrogen-bond acceptors (Lipinski definition) is 4. The molecule has 0 aromatic heterocycles. The predicted octanol–water partition coefficient (Wildman–Crippen LogP) is 1.80. The van der Waals surface area contributed by atoms with Crippen molar-refractivity contribution in [1.29, 1.82) is 5.26 Å². The van der Waals surface area contributed by atoms with E-state index in [1.807, 2.05) is 19.9 Å². The number of hydrogen-bond donors (Lipinski definition) is 1. The molecule has 0 aliphatic carbocycles. The number of carbonyl (C=O) groups excluding carboxylic acids is 1. The monoisotopic (exact) mass is 323 g/mol. The molecule has 1 aromatic carbocycles. The van der Waals surface area contributed by atoms with Crippen LogP contribution in [0.2, 0.25) is 0 Å². The van der Waals surface area contributed by atoms with Crippen molar-refractivity contribution in [2.45, 2.75) is 20.3 Å². The molecule has 0 saturated heterocycles. The molecule has 0 heterocycles. The second-order valence-corrected chi connectivity index (χ2v) is 7.49. The van der Waals surface area contributed by atoms with E-state index in [0.29, 0.717) is 17.8 Å². The number of sulfonamides is 1. The standard InChI is InChI=1S/C15H21N3O3S/c1-12(2)11-18(22(3,20)21)8-7-15(19)17-14-6-4-5-13(9-14)10-16/h4-6,9,12H,7-8,11H2,1-3H3,(H,17,19). The lowest BCUT2D eigenvalue weighted by Gasteiger charge is -2.21. The van der Waals surface area contributed by atoms with Crippen LogP contribution < -0.4 is 5.32 Å². The molecule has 0 aliphatic rings. The average Bonchev–Trinajstić information content (AvgIpc) is 2.42. The molecule has 7 heteroatoms. The Morgan fingerprint density at radius 2 is 2.09 bits per heavy atom. The van der Waals surface area contributed by atoms with E-state index in [-0.39, 0.29) is 24.8 Å². The van der Waals surface area contributed by atoms with Gasteiger partial charge in [0, 0.05) is 25.2 Å². The molecule has 1 amide bonds. The summed E-state index contributed by atoms with van der Waals surface area (Å²) in [6.45, 7) is 4.37. The van der Waals surface area contributed by atoms with Crippen LogP contribution in [-0.4, -0.2) is 38.0 Å². The van der Waals surface area contributed by atoms with Crippen LogP contribution in [0.3, 0.4) is 0 Å². The van der Waals surface area contributed by atoms with Crippen molar-refractivity contribution in [3.63, 3.8) is 0 Å². The molecule has 0 saturated carbocycles. The van der Waals surface area contributed by atoms with Crippen LogP contribution in [0.15, 0.2) is 24.3 Å². The maximum Gasteiger partial charge on any atom is 0.225 e. The minimum atomic E-state index is -3.33. The van der Waals surface area contributed by atoms with E-state index in [1.54, 1.807) is 24.3 Å². The van der Waals surface area contributed by atoms with Crippen molar-refractivity contribution < 1.29 is 13.2 Å². The van der Waals surface area contributed by atoms with Crippen LogP contribution in [0.5, 0.6) is 0 Å². The number of nitrogens with zero attached hydrogens (tertiary/aromatic N) is 2. The van der Waals surface area contributed by atoms with Gasteiger partial charge in [-0.2, -0.15) is 5.26 Å². The summed E-state index contributed by atoms with van der Waals surface area (Å²) in [4.78, 5) is 11.9. The highest BCUT2D eigenvalue weighted by molar-refractivity contribution is 7.88. The summed E-state index contributed by atoms with van der Waals surface area (Å²) < 4.78 is 24.7. The fourth-order valence-corrected chi connectivity index (χ4v) is 2.91. The minimum Gasteiger partial charge on any atom is -0.326 e. The van der Waals surface area contributed by atoms with Crippen LogP contribution >= 0.6 is 0 Å². The molecule has 0 fully saturated rings. The van der Waals surface area contributed by atoms with E-state index in [9.17, 15) is 13.2 Å². The molecule has 1 aromatic rings. The zero-order valence-electron chi connectivity index (χ0n) is 13.0. The zero-order chi connectivity index (χ0) is 16.8. The molecule has 120 valence electrons. The highest BCUT2D eigenvalue weighted by Gasteiger charge is 2.18. The summed E-state index contributed by atoms with van der Waals surface area (Å²) in [6.07, 6.45) is 1.21. The number of nitriles is 1. The Balaban J connectivity index is 2.62. The summed E-state index contributed by atoms with van der Waals surface area (Å²) in [5.41, 5.74) is 0.981. The lowest BCUT2D eigenvalue weighted by Crippen LogP contribution is -2.35. The van der Waals surface area contributed by atoms with E-state index < -0.39 is 10.0 Å². The van der Waals surface area contributed by atoms with Crippen LogP contribution in [-0.2, 0) is 14.8 Å².